The van der Waals surface area contributed by atoms with Crippen LogP contribution in [0.1, 0.15) is 61.1 Å². The van der Waals surface area contributed by atoms with Gasteiger partial charge in [0.1, 0.15) is 11.9 Å². The fourth-order valence-electron chi connectivity index (χ4n) is 3.59. The molecule has 32 heavy (non-hydrogen) atoms. The van der Waals surface area contributed by atoms with E-state index >= 15 is 0 Å². The molecule has 0 aliphatic rings. The first-order valence-corrected chi connectivity index (χ1v) is 11.0. The van der Waals surface area contributed by atoms with Crippen LogP contribution in [0.3, 0.4) is 0 Å². The van der Waals surface area contributed by atoms with Gasteiger partial charge in [0.2, 0.25) is 0 Å². The van der Waals surface area contributed by atoms with Crippen LogP contribution in [0.15, 0.2) is 60.7 Å². The second-order valence-electron chi connectivity index (χ2n) is 7.87. The number of carbonyl (C=O) groups is 1. The van der Waals surface area contributed by atoms with Crippen LogP contribution < -0.4 is 4.74 Å². The highest BCUT2D eigenvalue weighted by Gasteiger charge is 2.16. The van der Waals surface area contributed by atoms with Crippen molar-refractivity contribution in [2.45, 2.75) is 52.1 Å². The number of nitrogens with zero attached hydrogens (tertiary/aromatic N) is 2. The number of aromatic nitrogens is 1. The van der Waals surface area contributed by atoms with Gasteiger partial charge >= 0.3 is 5.97 Å². The second kappa shape index (κ2) is 11.1. The first kappa shape index (κ1) is 23.0. The van der Waals surface area contributed by atoms with Crippen LogP contribution >= 0.6 is 0 Å². The molecule has 5 heteroatoms. The monoisotopic (exact) mass is 428 g/mol. The minimum Gasteiger partial charge on any atom is -0.484 e. The Bertz CT molecular complexity index is 1100. The Morgan fingerprint density at radius 2 is 1.94 bits per heavy atom. The Labute approximate surface area is 189 Å². The fourth-order valence-corrected chi connectivity index (χ4v) is 3.59. The molecule has 0 spiro atoms. The zero-order valence-electron chi connectivity index (χ0n) is 18.5. The van der Waals surface area contributed by atoms with Gasteiger partial charge in [0.25, 0.3) is 0 Å². The van der Waals surface area contributed by atoms with Gasteiger partial charge in [-0.25, -0.2) is 4.98 Å². The van der Waals surface area contributed by atoms with Crippen molar-refractivity contribution in [1.29, 1.82) is 5.26 Å². The molecule has 0 aliphatic carbocycles. The minimum absolute atomic E-state index is 0.117. The summed E-state index contributed by atoms with van der Waals surface area (Å²) >= 11 is 0. The molecule has 2 aromatic carbocycles. The lowest BCUT2D eigenvalue weighted by molar-refractivity contribution is -0.136. The Hall–Kier alpha value is -3.65. The molecular weight excluding hydrogens is 400 g/mol. The summed E-state index contributed by atoms with van der Waals surface area (Å²) < 4.78 is 6.37. The number of unbranched alkanes of at least 4 members (excludes halogenated alkanes) is 1. The van der Waals surface area contributed by atoms with Crippen molar-refractivity contribution in [3.05, 3.63) is 83.0 Å². The van der Waals surface area contributed by atoms with Crippen molar-refractivity contribution in [1.82, 2.24) is 4.98 Å². The third-order valence-corrected chi connectivity index (χ3v) is 5.43. The highest BCUT2D eigenvalue weighted by Crippen LogP contribution is 2.29. The molecule has 0 aliphatic heterocycles. The molecule has 0 bridgehead atoms. The van der Waals surface area contributed by atoms with Gasteiger partial charge in [0.15, 0.2) is 0 Å². The van der Waals surface area contributed by atoms with Crippen molar-refractivity contribution in [3.63, 3.8) is 0 Å². The lowest BCUT2D eigenvalue weighted by Crippen LogP contribution is -2.10. The smallest absolute Gasteiger partial charge is 0.303 e. The van der Waals surface area contributed by atoms with Crippen molar-refractivity contribution in [2.75, 3.05) is 0 Å². The molecule has 0 saturated carbocycles. The predicted octanol–water partition coefficient (Wildman–Crippen LogP) is 6.26. The van der Waals surface area contributed by atoms with E-state index in [2.05, 4.69) is 13.0 Å². The van der Waals surface area contributed by atoms with E-state index in [9.17, 15) is 4.79 Å². The van der Waals surface area contributed by atoms with Gasteiger partial charge in [0, 0.05) is 12.0 Å². The van der Waals surface area contributed by atoms with E-state index < -0.39 is 5.97 Å². The maximum Gasteiger partial charge on any atom is 0.303 e. The molecule has 164 valence electrons. The Morgan fingerprint density at radius 1 is 1.16 bits per heavy atom. The molecule has 1 atom stereocenters. The molecule has 3 rings (SSSR count). The van der Waals surface area contributed by atoms with Gasteiger partial charge in [-0.2, -0.15) is 5.26 Å². The molecule has 0 saturated heterocycles. The van der Waals surface area contributed by atoms with Crippen LogP contribution in [0.2, 0.25) is 0 Å². The summed E-state index contributed by atoms with van der Waals surface area (Å²) in [5, 5.41) is 18.0. The number of ether oxygens (including phenoxy) is 1. The fraction of sp³-hybridized carbons (Fsp3) is 0.296. The maximum absolute atomic E-state index is 10.9. The predicted molar refractivity (Wildman–Crippen MR) is 124 cm³/mol. The third-order valence-electron chi connectivity index (χ3n) is 5.43. The number of nitriles is 1. The number of hydrogen-bond acceptors (Lipinski definition) is 4. The topological polar surface area (TPSA) is 83.2 Å². The Kier molecular flexibility index (Phi) is 7.99. The molecule has 1 heterocycles. The van der Waals surface area contributed by atoms with E-state index in [1.54, 1.807) is 12.1 Å². The first-order valence-electron chi connectivity index (χ1n) is 11.0. The number of aryl methyl sites for hydroxylation is 2. The van der Waals surface area contributed by atoms with Crippen LogP contribution in [0, 0.1) is 18.3 Å². The van der Waals surface area contributed by atoms with Gasteiger partial charge in [0.05, 0.1) is 23.0 Å². The van der Waals surface area contributed by atoms with Gasteiger partial charge in [-0.3, -0.25) is 4.79 Å². The Morgan fingerprint density at radius 3 is 2.59 bits per heavy atom. The maximum atomic E-state index is 10.9. The molecule has 0 fully saturated rings. The minimum atomic E-state index is -0.794. The van der Waals surface area contributed by atoms with Crippen LogP contribution in [0.5, 0.6) is 5.75 Å². The summed E-state index contributed by atoms with van der Waals surface area (Å²) in [5.41, 5.74) is 5.34. The van der Waals surface area contributed by atoms with Crippen molar-refractivity contribution >= 4 is 5.97 Å². The molecule has 3 aromatic rings. The Balaban J connectivity index is 1.83. The zero-order chi connectivity index (χ0) is 22.9. The van der Waals surface area contributed by atoms with Crippen LogP contribution in [0.25, 0.3) is 11.3 Å². The largest absolute Gasteiger partial charge is 0.484 e. The first-order chi connectivity index (χ1) is 15.5. The highest BCUT2D eigenvalue weighted by atomic mass is 16.5. The summed E-state index contributed by atoms with van der Waals surface area (Å²) in [6.45, 7) is 4.13. The number of pyridine rings is 1. The van der Waals surface area contributed by atoms with Gasteiger partial charge in [-0.1, -0.05) is 37.6 Å². The SMILES string of the molecule is CCCC[C@@H](Oc1ccc(CCC(=O)O)c(C)c1)c1cccc(-c2ccc(C#N)cc2)n1. The highest BCUT2D eigenvalue weighted by molar-refractivity contribution is 5.67. The van der Waals surface area contributed by atoms with Gasteiger partial charge in [-0.05, 0) is 73.7 Å². The van der Waals surface area contributed by atoms with E-state index in [4.69, 9.17) is 20.1 Å². The molecule has 0 amide bonds. The summed E-state index contributed by atoms with van der Waals surface area (Å²) in [4.78, 5) is 15.7. The van der Waals surface area contributed by atoms with Gasteiger partial charge < -0.3 is 9.84 Å². The lowest BCUT2D eigenvalue weighted by Gasteiger charge is -2.20. The van der Waals surface area contributed by atoms with E-state index in [1.165, 1.54) is 0 Å². The normalized spacial score (nSPS) is 11.5. The van der Waals surface area contributed by atoms with E-state index in [0.29, 0.717) is 12.0 Å². The number of aliphatic carboxylic acids is 1. The number of carboxylic acids is 1. The number of rotatable bonds is 10. The molecule has 5 nitrogen and oxygen atoms in total. The summed E-state index contributed by atoms with van der Waals surface area (Å²) in [6.07, 6.45) is 3.37. The molecule has 1 aromatic heterocycles. The third kappa shape index (κ3) is 6.18. The molecule has 0 unspecified atom stereocenters. The van der Waals surface area contributed by atoms with Crippen molar-refractivity contribution < 1.29 is 14.6 Å². The summed E-state index contributed by atoms with van der Waals surface area (Å²) in [6, 6.07) is 21.3. The van der Waals surface area contributed by atoms with Crippen molar-refractivity contribution in [2.24, 2.45) is 0 Å². The zero-order valence-corrected chi connectivity index (χ0v) is 18.5. The molecular formula is C27H28N2O3. The standard InChI is InChI=1S/C27H28N2O3/c1-3-4-8-26(32-23-15-13-21(19(2)17-23)14-16-27(30)31)25-7-5-6-24(29-25)22-11-9-20(18-28)10-12-22/h5-7,9-13,15,17,26H,3-4,8,14,16H2,1-2H3,(H,30,31)/t26-/m1/s1. The molecule has 0 radical (unpaired) electrons. The van der Waals surface area contributed by atoms with Crippen molar-refractivity contribution in [3.8, 4) is 23.1 Å². The van der Waals surface area contributed by atoms with E-state index in [0.717, 1.165) is 53.1 Å². The molecule has 1 N–H and O–H groups in total. The average Bonchev–Trinajstić information content (AvgIpc) is 2.81. The number of carboxylic acid groups (broad SMARTS) is 1. The van der Waals surface area contributed by atoms with Crippen LogP contribution in [-0.2, 0) is 11.2 Å². The van der Waals surface area contributed by atoms with E-state index in [-0.39, 0.29) is 12.5 Å². The summed E-state index contributed by atoms with van der Waals surface area (Å²) in [5.74, 6) is -0.0363. The quantitative estimate of drug-likeness (QED) is 0.412. The number of hydrogen-bond donors (Lipinski definition) is 1. The number of benzene rings is 2. The van der Waals surface area contributed by atoms with Gasteiger partial charge in [-0.15, -0.1) is 0 Å². The summed E-state index contributed by atoms with van der Waals surface area (Å²) in [7, 11) is 0. The second-order valence-corrected chi connectivity index (χ2v) is 7.87. The average molecular weight is 429 g/mol. The van der Waals surface area contributed by atoms with E-state index in [1.807, 2.05) is 55.5 Å². The van der Waals surface area contributed by atoms with Crippen LogP contribution in [-0.4, -0.2) is 16.1 Å². The van der Waals surface area contributed by atoms with Crippen LogP contribution in [0.4, 0.5) is 0 Å². The lowest BCUT2D eigenvalue weighted by atomic mass is 10.0.